The third-order valence-corrected chi connectivity index (χ3v) is 5.10. The number of nitrogens with one attached hydrogen (secondary N) is 1. The summed E-state index contributed by atoms with van der Waals surface area (Å²) < 4.78 is 11.3. The second-order valence-electron chi connectivity index (χ2n) is 6.83. The minimum Gasteiger partial charge on any atom is -0.490 e. The topological polar surface area (TPSA) is 68.9 Å². The van der Waals surface area contributed by atoms with E-state index in [9.17, 15) is 0 Å². The first kappa shape index (κ1) is 20.1. The fraction of sp³-hybridized carbons (Fsp3) is 0.350. The average Bonchev–Trinajstić information content (AvgIpc) is 3.44. The highest BCUT2D eigenvalue weighted by molar-refractivity contribution is 14.0. The van der Waals surface area contributed by atoms with Gasteiger partial charge in [0.25, 0.3) is 0 Å². The highest BCUT2D eigenvalue weighted by Crippen LogP contribution is 2.48. The maximum Gasteiger partial charge on any atom is 0.193 e. The number of nitrogens with zero attached hydrogens (tertiary/aromatic N) is 1. The molecule has 0 spiro atoms. The molecule has 4 rings (SSSR count). The first-order valence-electron chi connectivity index (χ1n) is 8.87. The van der Waals surface area contributed by atoms with Crippen LogP contribution in [-0.2, 0) is 5.41 Å². The van der Waals surface area contributed by atoms with Gasteiger partial charge in [-0.3, -0.25) is 4.99 Å². The van der Waals surface area contributed by atoms with Crippen molar-refractivity contribution in [1.82, 2.24) is 0 Å². The van der Waals surface area contributed by atoms with Gasteiger partial charge in [-0.2, -0.15) is 0 Å². The number of hydrogen-bond acceptors (Lipinski definition) is 3. The molecule has 1 aliphatic carbocycles. The summed E-state index contributed by atoms with van der Waals surface area (Å²) in [5, 5.41) is 3.90. The summed E-state index contributed by atoms with van der Waals surface area (Å²) in [4.78, 5) is 4.56. The normalized spacial score (nSPS) is 17.4. The van der Waals surface area contributed by atoms with Gasteiger partial charge >= 0.3 is 0 Å². The Morgan fingerprint density at radius 3 is 2.63 bits per heavy atom. The number of anilines is 1. The van der Waals surface area contributed by atoms with Gasteiger partial charge in [-0.05, 0) is 42.7 Å². The number of nitrogens with two attached hydrogens (primary N) is 1. The van der Waals surface area contributed by atoms with Crippen molar-refractivity contribution in [1.29, 1.82) is 0 Å². The van der Waals surface area contributed by atoms with Crippen molar-refractivity contribution < 1.29 is 9.47 Å². The Morgan fingerprint density at radius 2 is 1.89 bits per heavy atom. The van der Waals surface area contributed by atoms with Crippen LogP contribution in [0.25, 0.3) is 0 Å². The molecule has 0 radical (unpaired) electrons. The predicted molar refractivity (Wildman–Crippen MR) is 120 cm³/mol. The molecule has 1 aliphatic heterocycles. The molecule has 1 saturated carbocycles. The van der Waals surface area contributed by atoms with E-state index in [2.05, 4.69) is 16.4 Å². The van der Waals surface area contributed by atoms with Crippen LogP contribution in [0.15, 0.2) is 47.5 Å². The summed E-state index contributed by atoms with van der Waals surface area (Å²) in [5.41, 5.74) is 8.24. The molecular weight excluding hydrogens is 477 g/mol. The Hall–Kier alpha value is -1.67. The van der Waals surface area contributed by atoms with Gasteiger partial charge in [-0.15, -0.1) is 24.0 Å². The van der Waals surface area contributed by atoms with Crippen molar-refractivity contribution >= 4 is 47.2 Å². The first-order chi connectivity index (χ1) is 12.6. The Balaban J connectivity index is 0.00000210. The van der Waals surface area contributed by atoms with E-state index < -0.39 is 0 Å². The first-order valence-corrected chi connectivity index (χ1v) is 9.25. The number of fused-ring (bicyclic) bond motifs is 1. The van der Waals surface area contributed by atoms with Gasteiger partial charge in [0.05, 0.1) is 19.8 Å². The minimum absolute atomic E-state index is 0. The maximum atomic E-state index is 6.12. The third kappa shape index (κ3) is 4.79. The van der Waals surface area contributed by atoms with Crippen molar-refractivity contribution in [2.24, 2.45) is 10.7 Å². The molecule has 0 bridgehead atoms. The molecule has 2 aromatic rings. The number of aliphatic imine (C=N–C) groups is 1. The zero-order chi connectivity index (χ0) is 18.0. The molecule has 1 heterocycles. The van der Waals surface area contributed by atoms with Crippen LogP contribution in [0.1, 0.15) is 24.8 Å². The largest absolute Gasteiger partial charge is 0.490 e. The van der Waals surface area contributed by atoms with Gasteiger partial charge < -0.3 is 20.5 Å². The molecule has 27 heavy (non-hydrogen) atoms. The summed E-state index contributed by atoms with van der Waals surface area (Å²) in [5.74, 6) is 1.90. The number of rotatable bonds is 4. The summed E-state index contributed by atoms with van der Waals surface area (Å²) in [6.07, 6.45) is 3.09. The zero-order valence-corrected chi connectivity index (χ0v) is 18.0. The monoisotopic (exact) mass is 499 g/mol. The highest BCUT2D eigenvalue weighted by atomic mass is 127. The van der Waals surface area contributed by atoms with Crippen molar-refractivity contribution in [3.05, 3.63) is 53.1 Å². The van der Waals surface area contributed by atoms with Crippen LogP contribution in [0, 0.1) is 0 Å². The molecule has 1 fully saturated rings. The summed E-state index contributed by atoms with van der Waals surface area (Å²) in [6, 6.07) is 13.7. The van der Waals surface area contributed by atoms with E-state index in [4.69, 9.17) is 26.8 Å². The van der Waals surface area contributed by atoms with Crippen LogP contribution in [0.3, 0.4) is 0 Å². The van der Waals surface area contributed by atoms with Gasteiger partial charge in [0.15, 0.2) is 17.5 Å². The Bertz CT molecular complexity index is 840. The van der Waals surface area contributed by atoms with E-state index in [1.165, 1.54) is 5.56 Å². The number of ether oxygens (including phenoxy) is 2. The summed E-state index contributed by atoms with van der Waals surface area (Å²) >= 11 is 6.12. The van der Waals surface area contributed by atoms with Crippen molar-refractivity contribution in [2.75, 3.05) is 25.1 Å². The molecule has 0 amide bonds. The lowest BCUT2D eigenvalue weighted by Crippen LogP contribution is -2.25. The van der Waals surface area contributed by atoms with E-state index >= 15 is 0 Å². The minimum atomic E-state index is 0. The van der Waals surface area contributed by atoms with E-state index in [-0.39, 0.29) is 29.4 Å². The van der Waals surface area contributed by atoms with Crippen molar-refractivity contribution in [2.45, 2.75) is 24.7 Å². The van der Waals surface area contributed by atoms with Gasteiger partial charge in [0, 0.05) is 28.6 Å². The SMILES string of the molecule is I.NC(=NCC1(c2cccc(Cl)c2)CC1)Nc1ccc2c(c1)OCCCO2. The third-order valence-electron chi connectivity index (χ3n) is 4.86. The van der Waals surface area contributed by atoms with E-state index in [1.807, 2.05) is 36.4 Å². The summed E-state index contributed by atoms with van der Waals surface area (Å²) in [6.45, 7) is 1.98. The predicted octanol–water partition coefficient (Wildman–Crippen LogP) is 4.58. The fourth-order valence-electron chi connectivity index (χ4n) is 3.17. The van der Waals surface area contributed by atoms with Crippen LogP contribution in [0.4, 0.5) is 5.69 Å². The number of halogens is 2. The molecule has 144 valence electrons. The van der Waals surface area contributed by atoms with Crippen LogP contribution < -0.4 is 20.5 Å². The van der Waals surface area contributed by atoms with E-state index in [0.29, 0.717) is 25.7 Å². The van der Waals surface area contributed by atoms with Gasteiger partial charge in [-0.25, -0.2) is 0 Å². The molecule has 2 aromatic carbocycles. The fourth-order valence-corrected chi connectivity index (χ4v) is 3.36. The second kappa shape index (κ2) is 8.56. The van der Waals surface area contributed by atoms with Crippen molar-refractivity contribution in [3.63, 3.8) is 0 Å². The smallest absolute Gasteiger partial charge is 0.193 e. The van der Waals surface area contributed by atoms with E-state index in [0.717, 1.165) is 41.5 Å². The maximum absolute atomic E-state index is 6.12. The van der Waals surface area contributed by atoms with Crippen LogP contribution in [-0.4, -0.2) is 25.7 Å². The molecule has 0 unspecified atom stereocenters. The van der Waals surface area contributed by atoms with Crippen molar-refractivity contribution in [3.8, 4) is 11.5 Å². The average molecular weight is 500 g/mol. The molecule has 2 aliphatic rings. The Kier molecular flexibility index (Phi) is 6.37. The second-order valence-corrected chi connectivity index (χ2v) is 7.27. The van der Waals surface area contributed by atoms with Crippen LogP contribution in [0.5, 0.6) is 11.5 Å². The standard InChI is InChI=1S/C20H22ClN3O2.HI/c21-15-4-1-3-14(11-15)20(7-8-20)13-23-19(22)24-16-5-6-17-18(12-16)26-10-2-9-25-17;/h1,3-6,11-12H,2,7-10,13H2,(H3,22,23,24);1H. The number of benzene rings is 2. The van der Waals surface area contributed by atoms with Gasteiger partial charge in [-0.1, -0.05) is 23.7 Å². The number of guanidine groups is 1. The zero-order valence-electron chi connectivity index (χ0n) is 14.9. The molecule has 0 aromatic heterocycles. The Labute approximate surface area is 181 Å². The van der Waals surface area contributed by atoms with Crippen LogP contribution in [0.2, 0.25) is 5.02 Å². The van der Waals surface area contributed by atoms with Gasteiger partial charge in [0.2, 0.25) is 0 Å². The number of hydrogen-bond donors (Lipinski definition) is 2. The lowest BCUT2D eigenvalue weighted by Gasteiger charge is -2.15. The quantitative estimate of drug-likeness (QED) is 0.367. The molecule has 0 saturated heterocycles. The van der Waals surface area contributed by atoms with Crippen LogP contribution >= 0.6 is 35.6 Å². The lowest BCUT2D eigenvalue weighted by atomic mass is 9.96. The molecule has 0 atom stereocenters. The van der Waals surface area contributed by atoms with Gasteiger partial charge in [0.1, 0.15) is 0 Å². The lowest BCUT2D eigenvalue weighted by molar-refractivity contribution is 0.297. The molecule has 7 heteroatoms. The summed E-state index contributed by atoms with van der Waals surface area (Å²) in [7, 11) is 0. The molecular formula is C20H23ClIN3O2. The molecule has 3 N–H and O–H groups in total. The Morgan fingerprint density at radius 1 is 1.11 bits per heavy atom. The highest BCUT2D eigenvalue weighted by Gasteiger charge is 2.44. The van der Waals surface area contributed by atoms with E-state index in [1.54, 1.807) is 0 Å². The molecule has 5 nitrogen and oxygen atoms in total.